The zero-order valence-electron chi connectivity index (χ0n) is 6.43. The van der Waals surface area contributed by atoms with Gasteiger partial charge in [0, 0.05) is 13.2 Å². The number of morpholine rings is 1. The van der Waals surface area contributed by atoms with E-state index in [4.69, 9.17) is 9.47 Å². The highest BCUT2D eigenvalue weighted by molar-refractivity contribution is 4.68. The van der Waals surface area contributed by atoms with E-state index in [0.717, 1.165) is 33.0 Å². The number of hydrogen-bond acceptors (Lipinski definition) is 3. The van der Waals surface area contributed by atoms with Crippen molar-refractivity contribution in [3.8, 4) is 0 Å². The van der Waals surface area contributed by atoms with Crippen LogP contribution in [-0.4, -0.2) is 39.0 Å². The Kier molecular flexibility index (Phi) is 3.72. The Bertz CT molecular complexity index is 81.7. The van der Waals surface area contributed by atoms with Crippen molar-refractivity contribution in [1.82, 2.24) is 5.32 Å². The summed E-state index contributed by atoms with van der Waals surface area (Å²) in [6, 6.07) is 0.411. The van der Waals surface area contributed by atoms with Gasteiger partial charge < -0.3 is 14.8 Å². The first kappa shape index (κ1) is 7.98. The van der Waals surface area contributed by atoms with Gasteiger partial charge in [0.1, 0.15) is 0 Å². The van der Waals surface area contributed by atoms with Crippen molar-refractivity contribution in [2.45, 2.75) is 13.0 Å². The molecule has 0 radical (unpaired) electrons. The fourth-order valence-corrected chi connectivity index (χ4v) is 0.987. The van der Waals surface area contributed by atoms with Gasteiger partial charge in [0.15, 0.2) is 0 Å². The summed E-state index contributed by atoms with van der Waals surface area (Å²) in [6.07, 6.45) is 0. The van der Waals surface area contributed by atoms with Crippen molar-refractivity contribution in [3.05, 3.63) is 0 Å². The third-order valence-corrected chi connectivity index (χ3v) is 1.52. The van der Waals surface area contributed by atoms with Crippen LogP contribution in [0.4, 0.5) is 0 Å². The summed E-state index contributed by atoms with van der Waals surface area (Å²) in [5.74, 6) is 0. The summed E-state index contributed by atoms with van der Waals surface area (Å²) >= 11 is 0. The maximum atomic E-state index is 5.24. The van der Waals surface area contributed by atoms with Crippen LogP contribution >= 0.6 is 0 Å². The average molecular weight is 145 g/mol. The van der Waals surface area contributed by atoms with Crippen LogP contribution in [0.15, 0.2) is 0 Å². The topological polar surface area (TPSA) is 30.5 Å². The van der Waals surface area contributed by atoms with E-state index in [0.29, 0.717) is 6.04 Å². The van der Waals surface area contributed by atoms with E-state index in [-0.39, 0.29) is 0 Å². The Morgan fingerprint density at radius 2 is 2.60 bits per heavy atom. The molecule has 60 valence electrons. The standard InChI is InChI=1S/C7H15NO2/c1-2-9-5-7-6-10-4-3-8-7/h7-8H,2-6H2,1H3. The van der Waals surface area contributed by atoms with Gasteiger partial charge in [-0.1, -0.05) is 0 Å². The first-order valence-corrected chi connectivity index (χ1v) is 3.82. The molecule has 1 rings (SSSR count). The molecule has 0 saturated carbocycles. The van der Waals surface area contributed by atoms with Gasteiger partial charge in [-0.15, -0.1) is 0 Å². The van der Waals surface area contributed by atoms with Gasteiger partial charge in [-0.05, 0) is 6.92 Å². The minimum atomic E-state index is 0.411. The molecule has 1 aliphatic rings. The Morgan fingerprint density at radius 3 is 3.20 bits per heavy atom. The van der Waals surface area contributed by atoms with E-state index in [1.165, 1.54) is 0 Å². The van der Waals surface area contributed by atoms with Crippen molar-refractivity contribution in [1.29, 1.82) is 0 Å². The van der Waals surface area contributed by atoms with Gasteiger partial charge in [0.05, 0.1) is 25.9 Å². The molecule has 1 saturated heterocycles. The van der Waals surface area contributed by atoms with E-state index >= 15 is 0 Å². The van der Waals surface area contributed by atoms with Gasteiger partial charge in [0.2, 0.25) is 0 Å². The van der Waals surface area contributed by atoms with E-state index in [1.54, 1.807) is 0 Å². The molecule has 1 heterocycles. The summed E-state index contributed by atoms with van der Waals surface area (Å²) in [5.41, 5.74) is 0. The zero-order valence-corrected chi connectivity index (χ0v) is 6.43. The lowest BCUT2D eigenvalue weighted by Crippen LogP contribution is -2.44. The van der Waals surface area contributed by atoms with E-state index in [9.17, 15) is 0 Å². The molecular weight excluding hydrogens is 130 g/mol. The van der Waals surface area contributed by atoms with Gasteiger partial charge in [-0.3, -0.25) is 0 Å². The smallest absolute Gasteiger partial charge is 0.0642 e. The molecule has 0 aromatic rings. The fraction of sp³-hybridized carbons (Fsp3) is 1.00. The van der Waals surface area contributed by atoms with Crippen LogP contribution in [0.5, 0.6) is 0 Å². The maximum Gasteiger partial charge on any atom is 0.0642 e. The molecule has 1 aliphatic heterocycles. The Morgan fingerprint density at radius 1 is 1.70 bits per heavy atom. The average Bonchev–Trinajstić information content (AvgIpc) is 2.03. The SMILES string of the molecule is CCOCC1COCCN1. The Labute approximate surface area is 61.7 Å². The van der Waals surface area contributed by atoms with Crippen LogP contribution in [0, 0.1) is 0 Å². The predicted octanol–water partition coefficient (Wildman–Crippen LogP) is 0.0113. The summed E-state index contributed by atoms with van der Waals surface area (Å²) in [5, 5.41) is 3.30. The summed E-state index contributed by atoms with van der Waals surface area (Å²) < 4.78 is 10.5. The minimum Gasteiger partial charge on any atom is -0.380 e. The minimum absolute atomic E-state index is 0.411. The van der Waals surface area contributed by atoms with Gasteiger partial charge in [-0.25, -0.2) is 0 Å². The van der Waals surface area contributed by atoms with Gasteiger partial charge in [-0.2, -0.15) is 0 Å². The van der Waals surface area contributed by atoms with E-state index in [2.05, 4.69) is 5.32 Å². The van der Waals surface area contributed by atoms with Crippen LogP contribution < -0.4 is 5.32 Å². The lowest BCUT2D eigenvalue weighted by molar-refractivity contribution is 0.0325. The summed E-state index contributed by atoms with van der Waals surface area (Å²) in [6.45, 7) is 6.15. The molecule has 1 atom stereocenters. The second-order valence-corrected chi connectivity index (χ2v) is 2.39. The molecule has 0 amide bonds. The van der Waals surface area contributed by atoms with Crippen LogP contribution in [0.1, 0.15) is 6.92 Å². The fourth-order valence-electron chi connectivity index (χ4n) is 0.987. The summed E-state index contributed by atoms with van der Waals surface area (Å²) in [4.78, 5) is 0. The molecule has 3 nitrogen and oxygen atoms in total. The molecule has 0 spiro atoms. The second kappa shape index (κ2) is 4.66. The van der Waals surface area contributed by atoms with Crippen molar-refractivity contribution in [3.63, 3.8) is 0 Å². The van der Waals surface area contributed by atoms with Crippen molar-refractivity contribution in [2.75, 3.05) is 33.0 Å². The van der Waals surface area contributed by atoms with E-state index in [1.807, 2.05) is 6.92 Å². The Hall–Kier alpha value is -0.120. The highest BCUT2D eigenvalue weighted by Gasteiger charge is 2.11. The molecule has 0 bridgehead atoms. The Balaban J connectivity index is 2.02. The van der Waals surface area contributed by atoms with Gasteiger partial charge in [0.25, 0.3) is 0 Å². The molecule has 0 aliphatic carbocycles. The molecule has 0 aromatic carbocycles. The van der Waals surface area contributed by atoms with Crippen molar-refractivity contribution in [2.24, 2.45) is 0 Å². The number of ether oxygens (including phenoxy) is 2. The molecule has 0 aromatic heterocycles. The summed E-state index contributed by atoms with van der Waals surface area (Å²) in [7, 11) is 0. The quantitative estimate of drug-likeness (QED) is 0.607. The van der Waals surface area contributed by atoms with E-state index < -0.39 is 0 Å². The van der Waals surface area contributed by atoms with Crippen LogP contribution in [0.2, 0.25) is 0 Å². The maximum absolute atomic E-state index is 5.24. The largest absolute Gasteiger partial charge is 0.380 e. The second-order valence-electron chi connectivity index (χ2n) is 2.39. The highest BCUT2D eigenvalue weighted by Crippen LogP contribution is 1.92. The number of nitrogens with one attached hydrogen (secondary N) is 1. The molecule has 1 unspecified atom stereocenters. The lowest BCUT2D eigenvalue weighted by Gasteiger charge is -2.23. The van der Waals surface area contributed by atoms with Crippen LogP contribution in [-0.2, 0) is 9.47 Å². The van der Waals surface area contributed by atoms with Crippen LogP contribution in [0.25, 0.3) is 0 Å². The first-order valence-electron chi connectivity index (χ1n) is 3.82. The van der Waals surface area contributed by atoms with Crippen LogP contribution in [0.3, 0.4) is 0 Å². The molecular formula is C7H15NO2. The molecule has 1 N–H and O–H groups in total. The van der Waals surface area contributed by atoms with Crippen molar-refractivity contribution >= 4 is 0 Å². The monoisotopic (exact) mass is 145 g/mol. The zero-order chi connectivity index (χ0) is 7.23. The molecule has 1 fully saturated rings. The predicted molar refractivity (Wildman–Crippen MR) is 39.1 cm³/mol. The third kappa shape index (κ3) is 2.64. The molecule has 3 heteroatoms. The van der Waals surface area contributed by atoms with Crippen molar-refractivity contribution < 1.29 is 9.47 Å². The number of rotatable bonds is 3. The molecule has 10 heavy (non-hydrogen) atoms. The van der Waals surface area contributed by atoms with Gasteiger partial charge >= 0.3 is 0 Å². The number of hydrogen-bond donors (Lipinski definition) is 1. The third-order valence-electron chi connectivity index (χ3n) is 1.52. The highest BCUT2D eigenvalue weighted by atomic mass is 16.5. The first-order chi connectivity index (χ1) is 4.93. The lowest BCUT2D eigenvalue weighted by atomic mass is 10.3. The normalized spacial score (nSPS) is 26.7.